The molecule has 1 saturated carbocycles. The summed E-state index contributed by atoms with van der Waals surface area (Å²) in [7, 11) is 0. The largest absolute Gasteiger partial charge is 0.465 e. The van der Waals surface area contributed by atoms with Gasteiger partial charge in [0.1, 0.15) is 0 Å². The van der Waals surface area contributed by atoms with Gasteiger partial charge in [0.2, 0.25) is 0 Å². The Hall–Kier alpha value is -1.14. The highest BCUT2D eigenvalue weighted by molar-refractivity contribution is 5.73. The number of carbonyl (C=O) groups excluding carboxylic acids is 2. The minimum absolute atomic E-state index is 0.0463. The van der Waals surface area contributed by atoms with Gasteiger partial charge in [-0.25, -0.2) is 0 Å². The van der Waals surface area contributed by atoms with Crippen molar-refractivity contribution in [3.63, 3.8) is 0 Å². The Morgan fingerprint density at radius 1 is 1.24 bits per heavy atom. The molecule has 6 nitrogen and oxygen atoms in total. The zero-order chi connectivity index (χ0) is 18.4. The molecule has 1 N–H and O–H groups in total. The maximum Gasteiger partial charge on any atom is 0.309 e. The Morgan fingerprint density at radius 3 is 2.52 bits per heavy atom. The first-order valence-corrected chi connectivity index (χ1v) is 9.57. The summed E-state index contributed by atoms with van der Waals surface area (Å²) in [6.45, 7) is 6.35. The summed E-state index contributed by atoms with van der Waals surface area (Å²) in [5.41, 5.74) is 0. The zero-order valence-corrected chi connectivity index (χ0v) is 15.6. The second-order valence-electron chi connectivity index (χ2n) is 7.60. The molecule has 144 valence electrons. The molecule has 25 heavy (non-hydrogen) atoms. The molecule has 0 spiro atoms. The molecule has 6 atom stereocenters. The molecule has 0 aromatic carbocycles. The van der Waals surface area contributed by atoms with Crippen LogP contribution >= 0.6 is 0 Å². The molecule has 0 amide bonds. The Kier molecular flexibility index (Phi) is 7.69. The van der Waals surface area contributed by atoms with Gasteiger partial charge in [-0.1, -0.05) is 20.3 Å². The summed E-state index contributed by atoms with van der Waals surface area (Å²) >= 11 is 0. The van der Waals surface area contributed by atoms with E-state index in [0.29, 0.717) is 12.8 Å². The fourth-order valence-corrected chi connectivity index (χ4v) is 3.30. The molecule has 1 saturated heterocycles. The van der Waals surface area contributed by atoms with Crippen molar-refractivity contribution in [3.8, 4) is 0 Å². The summed E-state index contributed by atoms with van der Waals surface area (Å²) < 4.78 is 16.1. The van der Waals surface area contributed by atoms with Crippen molar-refractivity contribution in [2.24, 2.45) is 17.8 Å². The molecule has 0 bridgehead atoms. The average molecular weight is 356 g/mol. The van der Waals surface area contributed by atoms with Crippen LogP contribution in [0.3, 0.4) is 0 Å². The van der Waals surface area contributed by atoms with Crippen LogP contribution in [0.2, 0.25) is 0 Å². The van der Waals surface area contributed by atoms with E-state index in [1.807, 2.05) is 20.8 Å². The van der Waals surface area contributed by atoms with Crippen LogP contribution in [0.25, 0.3) is 0 Å². The number of aliphatic hydroxyl groups excluding tert-OH is 1. The highest BCUT2D eigenvalue weighted by Gasteiger charge is 2.38. The summed E-state index contributed by atoms with van der Waals surface area (Å²) in [5, 5.41) is 9.64. The van der Waals surface area contributed by atoms with Crippen molar-refractivity contribution in [1.82, 2.24) is 0 Å². The molecule has 1 aliphatic heterocycles. The third-order valence-electron chi connectivity index (χ3n) is 5.18. The van der Waals surface area contributed by atoms with Crippen LogP contribution in [0.15, 0.2) is 0 Å². The molecule has 1 heterocycles. The SMILES string of the molecule is CCC(CC1OC1C)C(=O)OCC(C)COC(=O)C1CCC[C@@H](O)C1. The lowest BCUT2D eigenvalue weighted by atomic mass is 9.87. The molecular formula is C19H32O6. The maximum atomic E-state index is 12.2. The van der Waals surface area contributed by atoms with Gasteiger partial charge >= 0.3 is 11.9 Å². The Bertz CT molecular complexity index is 451. The van der Waals surface area contributed by atoms with E-state index >= 15 is 0 Å². The second kappa shape index (κ2) is 9.53. The topological polar surface area (TPSA) is 85.4 Å². The van der Waals surface area contributed by atoms with Gasteiger partial charge in [-0.05, 0) is 39.0 Å². The van der Waals surface area contributed by atoms with Crippen molar-refractivity contribution in [3.05, 3.63) is 0 Å². The van der Waals surface area contributed by atoms with Gasteiger partial charge in [0.25, 0.3) is 0 Å². The third kappa shape index (κ3) is 6.59. The van der Waals surface area contributed by atoms with Gasteiger partial charge in [0.05, 0.1) is 43.4 Å². The Labute approximate surface area is 150 Å². The monoisotopic (exact) mass is 356 g/mol. The first-order valence-electron chi connectivity index (χ1n) is 9.57. The molecule has 0 aromatic heterocycles. The van der Waals surface area contributed by atoms with Crippen LogP contribution in [0.4, 0.5) is 0 Å². The molecule has 2 aliphatic rings. The lowest BCUT2D eigenvalue weighted by molar-refractivity contribution is -0.155. The maximum absolute atomic E-state index is 12.2. The van der Waals surface area contributed by atoms with Crippen LogP contribution in [-0.4, -0.2) is 48.6 Å². The molecular weight excluding hydrogens is 324 g/mol. The van der Waals surface area contributed by atoms with E-state index in [1.54, 1.807) is 0 Å². The number of epoxide rings is 1. The van der Waals surface area contributed by atoms with E-state index in [1.165, 1.54) is 0 Å². The number of carbonyl (C=O) groups is 2. The molecule has 2 fully saturated rings. The number of ether oxygens (including phenoxy) is 3. The third-order valence-corrected chi connectivity index (χ3v) is 5.18. The lowest BCUT2D eigenvalue weighted by Crippen LogP contribution is -2.29. The summed E-state index contributed by atoms with van der Waals surface area (Å²) in [6.07, 6.45) is 4.37. The van der Waals surface area contributed by atoms with Crippen molar-refractivity contribution in [1.29, 1.82) is 0 Å². The molecule has 6 heteroatoms. The van der Waals surface area contributed by atoms with E-state index in [9.17, 15) is 14.7 Å². The normalized spacial score (nSPS) is 31.0. The standard InChI is InChI=1S/C19H32O6/c1-4-14(9-17-13(3)25-17)18(21)23-10-12(2)11-24-19(22)15-6-5-7-16(20)8-15/h12-17,20H,4-11H2,1-3H3/t12?,13?,14?,15?,16-,17?/m1/s1. The first kappa shape index (κ1) is 20.2. The quantitative estimate of drug-likeness (QED) is 0.504. The van der Waals surface area contributed by atoms with Crippen molar-refractivity contribution in [2.45, 2.75) is 77.6 Å². The molecule has 2 rings (SSSR count). The van der Waals surface area contributed by atoms with Crippen LogP contribution in [-0.2, 0) is 23.8 Å². The van der Waals surface area contributed by atoms with Crippen LogP contribution in [0.1, 0.15) is 59.3 Å². The molecule has 1 aliphatic carbocycles. The van der Waals surface area contributed by atoms with Gasteiger partial charge < -0.3 is 19.3 Å². The number of rotatable bonds is 9. The number of esters is 2. The fourth-order valence-electron chi connectivity index (χ4n) is 3.30. The van der Waals surface area contributed by atoms with Gasteiger partial charge in [-0.15, -0.1) is 0 Å². The average Bonchev–Trinajstić information content (AvgIpc) is 3.30. The van der Waals surface area contributed by atoms with Gasteiger partial charge in [-0.2, -0.15) is 0 Å². The van der Waals surface area contributed by atoms with Crippen molar-refractivity contribution in [2.75, 3.05) is 13.2 Å². The van der Waals surface area contributed by atoms with Gasteiger partial charge in [0, 0.05) is 5.92 Å². The molecule has 0 radical (unpaired) electrons. The van der Waals surface area contributed by atoms with Crippen LogP contribution in [0, 0.1) is 17.8 Å². The summed E-state index contributed by atoms with van der Waals surface area (Å²) in [5.74, 6) is -0.825. The molecule has 0 aromatic rings. The minimum Gasteiger partial charge on any atom is -0.465 e. The second-order valence-corrected chi connectivity index (χ2v) is 7.60. The van der Waals surface area contributed by atoms with E-state index in [2.05, 4.69) is 0 Å². The Balaban J connectivity index is 1.63. The van der Waals surface area contributed by atoms with Crippen molar-refractivity contribution < 1.29 is 28.9 Å². The predicted molar refractivity (Wildman–Crippen MR) is 91.8 cm³/mol. The lowest BCUT2D eigenvalue weighted by Gasteiger charge is -2.24. The summed E-state index contributed by atoms with van der Waals surface area (Å²) in [6, 6.07) is 0. The Morgan fingerprint density at radius 2 is 1.92 bits per heavy atom. The number of hydrogen-bond acceptors (Lipinski definition) is 6. The van der Waals surface area contributed by atoms with Gasteiger partial charge in [0.15, 0.2) is 0 Å². The molecule has 5 unspecified atom stereocenters. The zero-order valence-electron chi connectivity index (χ0n) is 15.6. The number of aliphatic hydroxyl groups is 1. The van der Waals surface area contributed by atoms with E-state index < -0.39 is 6.10 Å². The van der Waals surface area contributed by atoms with Gasteiger partial charge in [-0.3, -0.25) is 9.59 Å². The highest BCUT2D eigenvalue weighted by Crippen LogP contribution is 2.29. The van der Waals surface area contributed by atoms with E-state index in [0.717, 1.165) is 25.7 Å². The summed E-state index contributed by atoms with van der Waals surface area (Å²) in [4.78, 5) is 24.2. The van der Waals surface area contributed by atoms with E-state index in [4.69, 9.17) is 14.2 Å². The highest BCUT2D eigenvalue weighted by atomic mass is 16.6. The predicted octanol–water partition coefficient (Wildman–Crippen LogP) is 2.46. The smallest absolute Gasteiger partial charge is 0.309 e. The minimum atomic E-state index is -0.395. The van der Waals surface area contributed by atoms with Crippen LogP contribution in [0.5, 0.6) is 0 Å². The first-order chi connectivity index (χ1) is 11.9. The van der Waals surface area contributed by atoms with Crippen LogP contribution < -0.4 is 0 Å². The fraction of sp³-hybridized carbons (Fsp3) is 0.895. The van der Waals surface area contributed by atoms with E-state index in [-0.39, 0.29) is 55.1 Å². The number of hydrogen-bond donors (Lipinski definition) is 1. The van der Waals surface area contributed by atoms with Crippen molar-refractivity contribution >= 4 is 11.9 Å².